The Hall–Kier alpha value is -0.870. The third-order valence-electron chi connectivity index (χ3n) is 4.23. The van der Waals surface area contributed by atoms with E-state index in [2.05, 4.69) is 38.4 Å². The molecule has 0 spiro atoms. The molecule has 4 heteroatoms. The third kappa shape index (κ3) is 2.70. The maximum atomic E-state index is 5.33. The van der Waals surface area contributed by atoms with Crippen molar-refractivity contribution in [2.24, 2.45) is 5.92 Å². The monoisotopic (exact) mass is 322 g/mol. The molecule has 102 valence electrons. The van der Waals surface area contributed by atoms with Crippen LogP contribution in [0.15, 0.2) is 22.9 Å². The van der Waals surface area contributed by atoms with Crippen LogP contribution in [0, 0.1) is 5.92 Å². The van der Waals surface area contributed by atoms with Crippen molar-refractivity contribution in [2.45, 2.75) is 31.7 Å². The van der Waals surface area contributed by atoms with Crippen LogP contribution < -0.4 is 10.1 Å². The van der Waals surface area contributed by atoms with E-state index in [0.717, 1.165) is 29.2 Å². The highest BCUT2D eigenvalue weighted by Gasteiger charge is 2.28. The van der Waals surface area contributed by atoms with Crippen molar-refractivity contribution in [1.82, 2.24) is 10.3 Å². The fraction of sp³-hybridized carbons (Fsp3) is 0.533. The molecule has 2 heterocycles. The predicted molar refractivity (Wildman–Crippen MR) is 80.2 cm³/mol. The van der Waals surface area contributed by atoms with Crippen molar-refractivity contribution >= 4 is 21.5 Å². The number of aromatic nitrogens is 1. The van der Waals surface area contributed by atoms with Crippen molar-refractivity contribution in [2.75, 3.05) is 13.7 Å². The topological polar surface area (TPSA) is 34.1 Å². The SMILES string of the molecule is COc1cc(C2=CC[C@@H]3CCCN[C@@H]3C2)cnc1Br. The Morgan fingerprint density at radius 2 is 2.37 bits per heavy atom. The van der Waals surface area contributed by atoms with E-state index >= 15 is 0 Å². The molecule has 3 rings (SSSR count). The van der Waals surface area contributed by atoms with Crippen molar-refractivity contribution < 1.29 is 4.74 Å². The van der Waals surface area contributed by atoms with Gasteiger partial charge < -0.3 is 10.1 Å². The highest BCUT2D eigenvalue weighted by molar-refractivity contribution is 9.10. The van der Waals surface area contributed by atoms with E-state index < -0.39 is 0 Å². The molecule has 1 saturated heterocycles. The number of halogens is 1. The summed E-state index contributed by atoms with van der Waals surface area (Å²) in [5, 5.41) is 3.66. The van der Waals surface area contributed by atoms with Gasteiger partial charge in [-0.15, -0.1) is 0 Å². The first-order valence-corrected chi connectivity index (χ1v) is 7.69. The van der Waals surface area contributed by atoms with E-state index in [0.29, 0.717) is 6.04 Å². The minimum absolute atomic E-state index is 0.642. The minimum Gasteiger partial charge on any atom is -0.494 e. The van der Waals surface area contributed by atoms with E-state index in [9.17, 15) is 0 Å². The molecule has 1 aliphatic carbocycles. The summed E-state index contributed by atoms with van der Waals surface area (Å²) in [4.78, 5) is 4.36. The molecule has 3 nitrogen and oxygen atoms in total. The number of rotatable bonds is 2. The number of methoxy groups -OCH3 is 1. The largest absolute Gasteiger partial charge is 0.494 e. The number of piperidine rings is 1. The fourth-order valence-electron chi connectivity index (χ4n) is 3.14. The fourth-order valence-corrected chi connectivity index (χ4v) is 3.52. The Labute approximate surface area is 122 Å². The number of hydrogen-bond acceptors (Lipinski definition) is 3. The lowest BCUT2D eigenvalue weighted by molar-refractivity contribution is 0.278. The van der Waals surface area contributed by atoms with Gasteiger partial charge in [0.2, 0.25) is 0 Å². The van der Waals surface area contributed by atoms with Crippen LogP contribution in [0.2, 0.25) is 0 Å². The Balaban J connectivity index is 1.84. The van der Waals surface area contributed by atoms with Crippen LogP contribution in [0.5, 0.6) is 5.75 Å². The van der Waals surface area contributed by atoms with Gasteiger partial charge in [0, 0.05) is 12.2 Å². The number of ether oxygens (including phenoxy) is 1. The molecule has 0 radical (unpaired) electrons. The third-order valence-corrected chi connectivity index (χ3v) is 4.83. The molecular weight excluding hydrogens is 304 g/mol. The molecular formula is C15H19BrN2O. The van der Waals surface area contributed by atoms with Gasteiger partial charge in [0.25, 0.3) is 0 Å². The smallest absolute Gasteiger partial charge is 0.152 e. The van der Waals surface area contributed by atoms with Crippen LogP contribution in [-0.4, -0.2) is 24.7 Å². The second-order valence-electron chi connectivity index (χ2n) is 5.35. The lowest BCUT2D eigenvalue weighted by Gasteiger charge is -2.36. The Kier molecular flexibility index (Phi) is 3.89. The molecule has 19 heavy (non-hydrogen) atoms. The first-order valence-electron chi connectivity index (χ1n) is 6.90. The van der Waals surface area contributed by atoms with Crippen molar-refractivity contribution in [3.8, 4) is 5.75 Å². The van der Waals surface area contributed by atoms with Crippen molar-refractivity contribution in [3.63, 3.8) is 0 Å². The summed E-state index contributed by atoms with van der Waals surface area (Å²) in [6, 6.07) is 2.72. The molecule has 2 atom stereocenters. The zero-order chi connectivity index (χ0) is 13.2. The summed E-state index contributed by atoms with van der Waals surface area (Å²) < 4.78 is 6.10. The molecule has 0 saturated carbocycles. The summed E-state index contributed by atoms with van der Waals surface area (Å²) in [7, 11) is 1.68. The number of nitrogens with zero attached hydrogens (tertiary/aromatic N) is 1. The van der Waals surface area contributed by atoms with Gasteiger partial charge in [0.15, 0.2) is 5.75 Å². The van der Waals surface area contributed by atoms with Gasteiger partial charge in [-0.25, -0.2) is 4.98 Å². The second-order valence-corrected chi connectivity index (χ2v) is 6.10. The summed E-state index contributed by atoms with van der Waals surface area (Å²) in [5.74, 6) is 1.62. The second kappa shape index (κ2) is 5.63. The molecule has 1 aromatic rings. The average molecular weight is 323 g/mol. The molecule has 0 bridgehead atoms. The number of fused-ring (bicyclic) bond motifs is 1. The normalized spacial score (nSPS) is 26.5. The lowest BCUT2D eigenvalue weighted by atomic mass is 9.78. The van der Waals surface area contributed by atoms with Gasteiger partial charge in [0.05, 0.1) is 7.11 Å². The standard InChI is InChI=1S/C15H19BrN2O/c1-19-14-8-12(9-18-15(14)16)11-5-4-10-3-2-6-17-13(10)7-11/h5,8-10,13,17H,2-4,6-7H2,1H3/t10-,13+/m0/s1. The van der Waals surface area contributed by atoms with Crippen LogP contribution >= 0.6 is 15.9 Å². The van der Waals surface area contributed by atoms with Crippen LogP contribution in [-0.2, 0) is 0 Å². The van der Waals surface area contributed by atoms with Gasteiger partial charge in [0.1, 0.15) is 4.60 Å². The Morgan fingerprint density at radius 3 is 3.21 bits per heavy atom. The van der Waals surface area contributed by atoms with Gasteiger partial charge in [-0.05, 0) is 71.3 Å². The Morgan fingerprint density at radius 1 is 1.47 bits per heavy atom. The first kappa shape index (κ1) is 13.1. The van der Waals surface area contributed by atoms with Gasteiger partial charge in [-0.1, -0.05) is 6.08 Å². The highest BCUT2D eigenvalue weighted by Crippen LogP contribution is 2.36. The highest BCUT2D eigenvalue weighted by atomic mass is 79.9. The van der Waals surface area contributed by atoms with E-state index in [1.54, 1.807) is 7.11 Å². The van der Waals surface area contributed by atoms with Gasteiger partial charge in [-0.3, -0.25) is 0 Å². The van der Waals surface area contributed by atoms with Crippen LogP contribution in [0.1, 0.15) is 31.2 Å². The average Bonchev–Trinajstić information content (AvgIpc) is 2.47. The van der Waals surface area contributed by atoms with Crippen LogP contribution in [0.3, 0.4) is 0 Å². The zero-order valence-electron chi connectivity index (χ0n) is 11.2. The molecule has 2 aliphatic rings. The van der Waals surface area contributed by atoms with E-state index in [-0.39, 0.29) is 0 Å². The molecule has 1 fully saturated rings. The number of hydrogen-bond donors (Lipinski definition) is 1. The molecule has 0 unspecified atom stereocenters. The van der Waals surface area contributed by atoms with Gasteiger partial charge >= 0.3 is 0 Å². The van der Waals surface area contributed by atoms with E-state index in [4.69, 9.17) is 4.74 Å². The number of allylic oxidation sites excluding steroid dienone is 1. The summed E-state index contributed by atoms with van der Waals surface area (Å²) in [6.45, 7) is 1.16. The van der Waals surface area contributed by atoms with Crippen molar-refractivity contribution in [3.05, 3.63) is 28.5 Å². The Bertz CT molecular complexity index is 501. The quantitative estimate of drug-likeness (QED) is 0.847. The summed E-state index contributed by atoms with van der Waals surface area (Å²) in [5.41, 5.74) is 2.58. The van der Waals surface area contributed by atoms with Crippen LogP contribution in [0.4, 0.5) is 0 Å². The number of nitrogens with one attached hydrogen (secondary N) is 1. The maximum Gasteiger partial charge on any atom is 0.152 e. The van der Waals surface area contributed by atoms with Gasteiger partial charge in [-0.2, -0.15) is 0 Å². The van der Waals surface area contributed by atoms with E-state index in [1.807, 2.05) is 6.20 Å². The van der Waals surface area contributed by atoms with Crippen LogP contribution in [0.25, 0.3) is 5.57 Å². The minimum atomic E-state index is 0.642. The summed E-state index contributed by atoms with van der Waals surface area (Å²) in [6.07, 6.45) is 9.30. The lowest BCUT2D eigenvalue weighted by Crippen LogP contribution is -2.42. The first-order chi connectivity index (χ1) is 9.28. The molecule has 1 aromatic heterocycles. The molecule has 1 N–H and O–H groups in total. The van der Waals surface area contributed by atoms with Crippen molar-refractivity contribution in [1.29, 1.82) is 0 Å². The summed E-state index contributed by atoms with van der Waals surface area (Å²) >= 11 is 3.40. The molecule has 1 aliphatic heterocycles. The number of pyridine rings is 1. The van der Waals surface area contributed by atoms with E-state index in [1.165, 1.54) is 30.4 Å². The predicted octanol–water partition coefficient (Wildman–Crippen LogP) is 3.40. The maximum absolute atomic E-state index is 5.33. The zero-order valence-corrected chi connectivity index (χ0v) is 12.7. The molecule has 0 aromatic carbocycles. The molecule has 0 amide bonds.